The first-order valence-corrected chi connectivity index (χ1v) is 7.68. The van der Waals surface area contributed by atoms with Crippen molar-refractivity contribution in [3.63, 3.8) is 0 Å². The van der Waals surface area contributed by atoms with Crippen LogP contribution in [0, 0.1) is 21.4 Å². The molecule has 2 rings (SSSR count). The van der Waals surface area contributed by atoms with E-state index in [-0.39, 0.29) is 11.3 Å². The van der Waals surface area contributed by atoms with Crippen molar-refractivity contribution in [2.24, 2.45) is 0 Å². The van der Waals surface area contributed by atoms with Crippen molar-refractivity contribution in [3.05, 3.63) is 39.9 Å². The number of nitriles is 1. The van der Waals surface area contributed by atoms with Gasteiger partial charge in [-0.05, 0) is 12.8 Å². The van der Waals surface area contributed by atoms with Crippen LogP contribution in [0.3, 0.4) is 0 Å². The van der Waals surface area contributed by atoms with Crippen molar-refractivity contribution in [3.8, 4) is 6.07 Å². The molecule has 106 valence electrons. The van der Waals surface area contributed by atoms with E-state index >= 15 is 0 Å². The maximum absolute atomic E-state index is 12.3. The molecule has 1 aromatic rings. The van der Waals surface area contributed by atoms with Crippen LogP contribution < -0.4 is 0 Å². The number of nitro groups is 1. The van der Waals surface area contributed by atoms with Gasteiger partial charge in [0.1, 0.15) is 6.04 Å². The number of para-hydroxylation sites is 1. The first kappa shape index (κ1) is 14.4. The molecule has 0 aromatic heterocycles. The highest BCUT2D eigenvalue weighted by atomic mass is 32.2. The van der Waals surface area contributed by atoms with E-state index in [4.69, 9.17) is 5.26 Å². The highest BCUT2D eigenvalue weighted by molar-refractivity contribution is 7.88. The Labute approximate surface area is 116 Å². The van der Waals surface area contributed by atoms with Gasteiger partial charge in [-0.1, -0.05) is 18.2 Å². The largest absolute Gasteiger partial charge is 0.273 e. The molecule has 0 bridgehead atoms. The highest BCUT2D eigenvalue weighted by Gasteiger charge is 2.35. The Balaban J connectivity index is 2.30. The molecule has 1 atom stereocenters. The molecule has 1 aromatic carbocycles. The molecule has 20 heavy (non-hydrogen) atoms. The second kappa shape index (κ2) is 5.56. The van der Waals surface area contributed by atoms with Crippen molar-refractivity contribution in [2.45, 2.75) is 24.6 Å². The van der Waals surface area contributed by atoms with Crippen molar-refractivity contribution in [2.75, 3.05) is 6.54 Å². The lowest BCUT2D eigenvalue weighted by atomic mass is 10.2. The molecule has 0 saturated carbocycles. The van der Waals surface area contributed by atoms with Crippen molar-refractivity contribution >= 4 is 15.7 Å². The minimum absolute atomic E-state index is 0.140. The number of hydrogen-bond donors (Lipinski definition) is 0. The zero-order valence-corrected chi connectivity index (χ0v) is 11.4. The second-order valence-corrected chi connectivity index (χ2v) is 6.46. The third-order valence-corrected chi connectivity index (χ3v) is 5.06. The van der Waals surface area contributed by atoms with E-state index in [0.29, 0.717) is 19.4 Å². The Kier molecular flexibility index (Phi) is 4.01. The maximum atomic E-state index is 12.3. The van der Waals surface area contributed by atoms with E-state index in [2.05, 4.69) is 0 Å². The lowest BCUT2D eigenvalue weighted by Gasteiger charge is -2.18. The molecule has 1 fully saturated rings. The van der Waals surface area contributed by atoms with Crippen LogP contribution in [0.1, 0.15) is 18.4 Å². The average Bonchev–Trinajstić information content (AvgIpc) is 2.87. The summed E-state index contributed by atoms with van der Waals surface area (Å²) in [5.74, 6) is -0.456. The van der Waals surface area contributed by atoms with Crippen LogP contribution in [0.2, 0.25) is 0 Å². The molecule has 0 radical (unpaired) electrons. The summed E-state index contributed by atoms with van der Waals surface area (Å²) in [6.07, 6.45) is 1.14. The zero-order valence-electron chi connectivity index (χ0n) is 10.6. The predicted molar refractivity (Wildman–Crippen MR) is 71.1 cm³/mol. The summed E-state index contributed by atoms with van der Waals surface area (Å²) in [5, 5.41) is 19.8. The molecule has 0 amide bonds. The van der Waals surface area contributed by atoms with Crippen LogP contribution in [-0.4, -0.2) is 30.2 Å². The van der Waals surface area contributed by atoms with Gasteiger partial charge in [0, 0.05) is 18.2 Å². The highest BCUT2D eigenvalue weighted by Crippen LogP contribution is 2.26. The Morgan fingerprint density at radius 1 is 1.45 bits per heavy atom. The van der Waals surface area contributed by atoms with Gasteiger partial charge in [0.25, 0.3) is 5.69 Å². The van der Waals surface area contributed by atoms with Crippen molar-refractivity contribution in [1.82, 2.24) is 4.31 Å². The number of nitro benzene ring substituents is 1. The number of benzene rings is 1. The first-order valence-electron chi connectivity index (χ1n) is 6.07. The third kappa shape index (κ3) is 2.79. The molecular weight excluding hydrogens is 282 g/mol. The molecule has 0 aliphatic carbocycles. The van der Waals surface area contributed by atoms with E-state index in [9.17, 15) is 18.5 Å². The molecule has 1 aliphatic rings. The summed E-state index contributed by atoms with van der Waals surface area (Å²) >= 11 is 0. The fraction of sp³-hybridized carbons (Fsp3) is 0.417. The van der Waals surface area contributed by atoms with Gasteiger partial charge in [-0.15, -0.1) is 0 Å². The van der Waals surface area contributed by atoms with Crippen molar-refractivity contribution in [1.29, 1.82) is 5.26 Å². The molecule has 1 heterocycles. The predicted octanol–water partition coefficient (Wildman–Crippen LogP) is 1.41. The summed E-state index contributed by atoms with van der Waals surface area (Å²) in [6.45, 7) is 0.293. The number of rotatable bonds is 4. The van der Waals surface area contributed by atoms with E-state index in [1.807, 2.05) is 6.07 Å². The lowest BCUT2D eigenvalue weighted by molar-refractivity contribution is -0.385. The zero-order chi connectivity index (χ0) is 14.8. The van der Waals surface area contributed by atoms with E-state index in [0.717, 1.165) is 4.31 Å². The molecule has 0 spiro atoms. The molecule has 1 unspecified atom stereocenters. The van der Waals surface area contributed by atoms with Crippen LogP contribution in [0.4, 0.5) is 5.69 Å². The summed E-state index contributed by atoms with van der Waals surface area (Å²) < 4.78 is 25.7. The maximum Gasteiger partial charge on any atom is 0.273 e. The van der Waals surface area contributed by atoms with E-state index in [1.165, 1.54) is 18.2 Å². The lowest BCUT2D eigenvalue weighted by Crippen LogP contribution is -2.35. The monoisotopic (exact) mass is 295 g/mol. The van der Waals surface area contributed by atoms with Gasteiger partial charge in [-0.2, -0.15) is 9.57 Å². The number of nitrogens with zero attached hydrogens (tertiary/aromatic N) is 3. The smallest absolute Gasteiger partial charge is 0.258 e. The Bertz CT molecular complexity index is 666. The summed E-state index contributed by atoms with van der Waals surface area (Å²) in [7, 11) is -3.72. The fourth-order valence-corrected chi connectivity index (χ4v) is 4.04. The van der Waals surface area contributed by atoms with Crippen LogP contribution in [-0.2, 0) is 15.8 Å². The number of hydrogen-bond acceptors (Lipinski definition) is 5. The van der Waals surface area contributed by atoms with Crippen LogP contribution in [0.15, 0.2) is 24.3 Å². The van der Waals surface area contributed by atoms with Gasteiger partial charge in [0.2, 0.25) is 10.0 Å². The Morgan fingerprint density at radius 2 is 2.15 bits per heavy atom. The normalized spacial score (nSPS) is 19.6. The molecule has 1 aliphatic heterocycles. The molecule has 0 N–H and O–H groups in total. The van der Waals surface area contributed by atoms with Crippen LogP contribution >= 0.6 is 0 Å². The van der Waals surface area contributed by atoms with Gasteiger partial charge >= 0.3 is 0 Å². The molecule has 7 nitrogen and oxygen atoms in total. The van der Waals surface area contributed by atoms with Crippen LogP contribution in [0.5, 0.6) is 0 Å². The Morgan fingerprint density at radius 3 is 2.80 bits per heavy atom. The topological polar surface area (TPSA) is 104 Å². The quantitative estimate of drug-likeness (QED) is 0.617. The van der Waals surface area contributed by atoms with Gasteiger partial charge < -0.3 is 0 Å². The Hall–Kier alpha value is -1.98. The van der Waals surface area contributed by atoms with Gasteiger partial charge in [-0.3, -0.25) is 10.1 Å². The van der Waals surface area contributed by atoms with Gasteiger partial charge in [0.15, 0.2) is 0 Å². The van der Waals surface area contributed by atoms with E-state index in [1.54, 1.807) is 6.07 Å². The SMILES string of the molecule is N#CC1CCCN1S(=O)(=O)Cc1ccccc1[N+](=O)[O-]. The number of sulfonamides is 1. The molecule has 8 heteroatoms. The first-order chi connectivity index (χ1) is 9.45. The average molecular weight is 295 g/mol. The third-order valence-electron chi connectivity index (χ3n) is 3.24. The summed E-state index contributed by atoms with van der Waals surface area (Å²) in [5.41, 5.74) is -0.0788. The minimum Gasteiger partial charge on any atom is -0.258 e. The van der Waals surface area contributed by atoms with Crippen LogP contribution in [0.25, 0.3) is 0 Å². The fourth-order valence-electron chi connectivity index (χ4n) is 2.29. The van der Waals surface area contributed by atoms with Gasteiger partial charge in [0.05, 0.1) is 16.7 Å². The minimum atomic E-state index is -3.72. The van der Waals surface area contributed by atoms with E-state index < -0.39 is 26.7 Å². The summed E-state index contributed by atoms with van der Waals surface area (Å²) in [6, 6.07) is 7.04. The second-order valence-electron chi connectivity index (χ2n) is 4.54. The standard InChI is InChI=1S/C12H13N3O4S/c13-8-11-5-3-7-14(11)20(18,19)9-10-4-1-2-6-12(10)15(16)17/h1-2,4,6,11H,3,5,7,9H2. The summed E-state index contributed by atoms with van der Waals surface area (Å²) in [4.78, 5) is 10.3. The van der Waals surface area contributed by atoms with Gasteiger partial charge in [-0.25, -0.2) is 8.42 Å². The molecular formula is C12H13N3O4S. The molecule has 1 saturated heterocycles. The van der Waals surface area contributed by atoms with Crippen molar-refractivity contribution < 1.29 is 13.3 Å².